The number of ether oxygens (including phenoxy) is 1. The summed E-state index contributed by atoms with van der Waals surface area (Å²) in [6.07, 6.45) is 0.929. The maximum absolute atomic E-state index is 11.5. The fourth-order valence-electron chi connectivity index (χ4n) is 3.08. The van der Waals surface area contributed by atoms with E-state index in [9.17, 15) is 4.79 Å². The summed E-state index contributed by atoms with van der Waals surface area (Å²) in [6, 6.07) is 19.5. The van der Waals surface area contributed by atoms with Crippen molar-refractivity contribution in [2.45, 2.75) is 45.4 Å². The summed E-state index contributed by atoms with van der Waals surface area (Å²) in [4.78, 5) is 11.5. The Morgan fingerprint density at radius 3 is 2.19 bits per heavy atom. The fraction of sp³-hybridized carbons (Fsp3) is 0.435. The van der Waals surface area contributed by atoms with Gasteiger partial charge in [-0.05, 0) is 42.0 Å². The minimum Gasteiger partial charge on any atom is -0.465 e. The molecule has 0 spiro atoms. The summed E-state index contributed by atoms with van der Waals surface area (Å²) in [5, 5.41) is 3.20. The topological polar surface area (TPSA) is 38.3 Å². The van der Waals surface area contributed by atoms with Crippen LogP contribution in [0, 0.1) is 0 Å². The molecular weight excluding hydrogens is 322 g/mol. The second-order valence-electron chi connectivity index (χ2n) is 7.61. The molecule has 0 bridgehead atoms. The molecule has 1 unspecified atom stereocenters. The third-order valence-electron chi connectivity index (χ3n) is 4.57. The molecule has 0 radical (unpaired) electrons. The number of hydrogen-bond acceptors (Lipinski definition) is 3. The summed E-state index contributed by atoms with van der Waals surface area (Å²) >= 11 is 0. The van der Waals surface area contributed by atoms with E-state index in [-0.39, 0.29) is 17.9 Å². The number of hydrogen-bond donors (Lipinski definition) is 1. The maximum atomic E-state index is 11.5. The van der Waals surface area contributed by atoms with Crippen molar-refractivity contribution in [1.82, 2.24) is 5.32 Å². The van der Waals surface area contributed by atoms with Crippen LogP contribution in [-0.4, -0.2) is 25.7 Å². The summed E-state index contributed by atoms with van der Waals surface area (Å²) in [6.45, 7) is 9.97. The first-order chi connectivity index (χ1) is 12.4. The van der Waals surface area contributed by atoms with Crippen LogP contribution < -0.4 is 5.32 Å². The third kappa shape index (κ3) is 5.99. The van der Waals surface area contributed by atoms with Gasteiger partial charge in [0.2, 0.25) is 0 Å². The molecule has 2 aromatic rings. The van der Waals surface area contributed by atoms with Crippen molar-refractivity contribution in [2.24, 2.45) is 0 Å². The number of nitrogens with one attached hydrogen (secondary N) is 1. The Labute approximate surface area is 157 Å². The van der Waals surface area contributed by atoms with Gasteiger partial charge in [0, 0.05) is 5.92 Å². The lowest BCUT2D eigenvalue weighted by atomic mass is 9.83. The van der Waals surface area contributed by atoms with Gasteiger partial charge in [-0.25, -0.2) is 0 Å². The normalized spacial score (nSPS) is 12.6. The minimum atomic E-state index is -0.196. The molecule has 3 heteroatoms. The number of esters is 1. The lowest BCUT2D eigenvalue weighted by Gasteiger charge is -2.22. The predicted molar refractivity (Wildman–Crippen MR) is 108 cm³/mol. The molecule has 1 N–H and O–H groups in total. The van der Waals surface area contributed by atoms with E-state index in [1.165, 1.54) is 16.7 Å². The van der Waals surface area contributed by atoms with Gasteiger partial charge >= 0.3 is 5.97 Å². The molecule has 0 aliphatic carbocycles. The van der Waals surface area contributed by atoms with Crippen LogP contribution in [0.4, 0.5) is 0 Å². The van der Waals surface area contributed by atoms with E-state index in [1.54, 1.807) is 0 Å². The third-order valence-corrected chi connectivity index (χ3v) is 4.57. The van der Waals surface area contributed by atoms with Crippen molar-refractivity contribution in [3.05, 3.63) is 71.3 Å². The summed E-state index contributed by atoms with van der Waals surface area (Å²) in [5.74, 6) is 0.109. The van der Waals surface area contributed by atoms with Crippen molar-refractivity contribution in [3.63, 3.8) is 0 Å². The van der Waals surface area contributed by atoms with Crippen LogP contribution in [0.5, 0.6) is 0 Å². The largest absolute Gasteiger partial charge is 0.465 e. The minimum absolute atomic E-state index is 0.155. The van der Waals surface area contributed by atoms with Gasteiger partial charge in [-0.1, -0.05) is 75.4 Å². The lowest BCUT2D eigenvalue weighted by molar-refractivity contribution is -0.141. The zero-order valence-electron chi connectivity index (χ0n) is 16.4. The molecule has 0 amide bonds. The monoisotopic (exact) mass is 353 g/mol. The molecule has 2 aromatic carbocycles. The van der Waals surface area contributed by atoms with Crippen LogP contribution in [0.2, 0.25) is 0 Å². The Hall–Kier alpha value is -2.13. The Morgan fingerprint density at radius 1 is 1.00 bits per heavy atom. The standard InChI is InChI=1S/C23H31NO2/c1-5-26-22(25)17-24-16-15-21(18-9-7-6-8-10-18)19-11-13-20(14-12-19)23(2,3)4/h6-14,21,24H,5,15-17H2,1-4H3. The van der Waals surface area contributed by atoms with Crippen molar-refractivity contribution < 1.29 is 9.53 Å². The van der Waals surface area contributed by atoms with E-state index in [1.807, 2.05) is 13.0 Å². The average molecular weight is 354 g/mol. The number of carbonyl (C=O) groups excluding carboxylic acids is 1. The fourth-order valence-corrected chi connectivity index (χ4v) is 3.08. The van der Waals surface area contributed by atoms with Gasteiger partial charge in [-0.15, -0.1) is 0 Å². The first kappa shape index (κ1) is 20.2. The molecule has 26 heavy (non-hydrogen) atoms. The van der Waals surface area contributed by atoms with Crippen LogP contribution in [-0.2, 0) is 14.9 Å². The van der Waals surface area contributed by atoms with Crippen molar-refractivity contribution in [2.75, 3.05) is 19.7 Å². The SMILES string of the molecule is CCOC(=O)CNCCC(c1ccccc1)c1ccc(C(C)(C)C)cc1. The first-order valence-corrected chi connectivity index (χ1v) is 9.43. The molecule has 2 rings (SSSR count). The van der Waals surface area contributed by atoms with Gasteiger partial charge in [0.1, 0.15) is 0 Å². The van der Waals surface area contributed by atoms with Crippen molar-refractivity contribution in [3.8, 4) is 0 Å². The second-order valence-corrected chi connectivity index (χ2v) is 7.61. The Morgan fingerprint density at radius 2 is 1.62 bits per heavy atom. The molecule has 0 fully saturated rings. The summed E-state index contributed by atoms with van der Waals surface area (Å²) in [5.41, 5.74) is 4.10. The summed E-state index contributed by atoms with van der Waals surface area (Å²) in [7, 11) is 0. The molecule has 0 heterocycles. The molecule has 3 nitrogen and oxygen atoms in total. The average Bonchev–Trinajstić information content (AvgIpc) is 2.62. The van der Waals surface area contributed by atoms with E-state index in [0.717, 1.165) is 13.0 Å². The van der Waals surface area contributed by atoms with Gasteiger partial charge in [0.15, 0.2) is 0 Å². The molecule has 1 atom stereocenters. The zero-order chi connectivity index (χ0) is 19.0. The van der Waals surface area contributed by atoms with E-state index in [2.05, 4.69) is 74.6 Å². The van der Waals surface area contributed by atoms with Gasteiger partial charge < -0.3 is 10.1 Å². The van der Waals surface area contributed by atoms with Crippen LogP contribution in [0.25, 0.3) is 0 Å². The molecule has 0 aromatic heterocycles. The summed E-state index contributed by atoms with van der Waals surface area (Å²) < 4.78 is 4.96. The number of benzene rings is 2. The molecule has 0 aliphatic heterocycles. The van der Waals surface area contributed by atoms with Crippen LogP contribution >= 0.6 is 0 Å². The van der Waals surface area contributed by atoms with Crippen molar-refractivity contribution in [1.29, 1.82) is 0 Å². The lowest BCUT2D eigenvalue weighted by Crippen LogP contribution is -2.26. The van der Waals surface area contributed by atoms with Crippen LogP contribution in [0.3, 0.4) is 0 Å². The van der Waals surface area contributed by atoms with Gasteiger partial charge in [-0.3, -0.25) is 4.79 Å². The highest BCUT2D eigenvalue weighted by atomic mass is 16.5. The second kappa shape index (κ2) is 9.54. The predicted octanol–water partition coefficient (Wildman–Crippen LogP) is 4.66. The molecule has 0 saturated heterocycles. The van der Waals surface area contributed by atoms with E-state index >= 15 is 0 Å². The molecule has 0 saturated carbocycles. The van der Waals surface area contributed by atoms with Gasteiger partial charge in [0.25, 0.3) is 0 Å². The smallest absolute Gasteiger partial charge is 0.319 e. The van der Waals surface area contributed by atoms with Crippen LogP contribution in [0.1, 0.15) is 56.7 Å². The van der Waals surface area contributed by atoms with Crippen molar-refractivity contribution >= 4 is 5.97 Å². The number of carbonyl (C=O) groups is 1. The quantitative estimate of drug-likeness (QED) is 0.554. The van der Waals surface area contributed by atoms with Gasteiger partial charge in [0.05, 0.1) is 13.2 Å². The van der Waals surface area contributed by atoms with E-state index in [4.69, 9.17) is 4.74 Å². The number of rotatable bonds is 8. The maximum Gasteiger partial charge on any atom is 0.319 e. The van der Waals surface area contributed by atoms with Gasteiger partial charge in [-0.2, -0.15) is 0 Å². The molecule has 0 aliphatic rings. The Balaban J connectivity index is 2.08. The highest BCUT2D eigenvalue weighted by molar-refractivity contribution is 5.71. The zero-order valence-corrected chi connectivity index (χ0v) is 16.4. The highest BCUT2D eigenvalue weighted by Gasteiger charge is 2.17. The highest BCUT2D eigenvalue weighted by Crippen LogP contribution is 2.30. The van der Waals surface area contributed by atoms with E-state index in [0.29, 0.717) is 12.5 Å². The molecular formula is C23H31NO2. The Kier molecular flexibility index (Phi) is 7.40. The Bertz CT molecular complexity index is 672. The first-order valence-electron chi connectivity index (χ1n) is 9.43. The van der Waals surface area contributed by atoms with Crippen LogP contribution in [0.15, 0.2) is 54.6 Å². The molecule has 140 valence electrons. The van der Waals surface area contributed by atoms with E-state index < -0.39 is 0 Å².